The Hall–Kier alpha value is -0.610. The molecule has 0 radical (unpaired) electrons. The van der Waals surface area contributed by atoms with E-state index in [0.29, 0.717) is 12.6 Å². The van der Waals surface area contributed by atoms with Crippen molar-refractivity contribution in [2.24, 2.45) is 11.7 Å². The van der Waals surface area contributed by atoms with Crippen molar-refractivity contribution in [3.8, 4) is 0 Å². The molecule has 0 aromatic rings. The van der Waals surface area contributed by atoms with Crippen LogP contribution in [0.4, 0.5) is 0 Å². The second-order valence-corrected chi connectivity index (χ2v) is 5.69. The van der Waals surface area contributed by atoms with Crippen LogP contribution in [0.25, 0.3) is 0 Å². The quantitative estimate of drug-likeness (QED) is 0.773. The van der Waals surface area contributed by atoms with Gasteiger partial charge in [0.2, 0.25) is 0 Å². The van der Waals surface area contributed by atoms with Gasteiger partial charge in [0.25, 0.3) is 0 Å². The molecule has 0 aromatic carbocycles. The van der Waals surface area contributed by atoms with Crippen molar-refractivity contribution in [2.75, 3.05) is 19.7 Å². The molecule has 1 heterocycles. The van der Waals surface area contributed by atoms with Gasteiger partial charge < -0.3 is 10.5 Å². The maximum absolute atomic E-state index is 11.9. The van der Waals surface area contributed by atoms with Crippen LogP contribution >= 0.6 is 0 Å². The number of likely N-dealkylation sites (tertiary alicyclic amines) is 1. The molecular formula is C14H26N2O2. The van der Waals surface area contributed by atoms with Gasteiger partial charge in [0.05, 0.1) is 6.61 Å². The van der Waals surface area contributed by atoms with Crippen LogP contribution < -0.4 is 5.73 Å². The Kier molecular flexibility index (Phi) is 5.01. The first-order valence-electron chi connectivity index (χ1n) is 7.37. The summed E-state index contributed by atoms with van der Waals surface area (Å²) in [6.07, 6.45) is 6.80. The topological polar surface area (TPSA) is 55.6 Å². The standard InChI is InChI=1S/C14H26N2O2/c1-2-18-14(17)13-4-3-9-16(13)10-11-5-7-12(15)8-6-11/h11-13H,2-10,15H2,1H3. The number of hydrogen-bond acceptors (Lipinski definition) is 4. The molecule has 2 aliphatic rings. The van der Waals surface area contributed by atoms with Crippen molar-refractivity contribution in [1.29, 1.82) is 0 Å². The highest BCUT2D eigenvalue weighted by Gasteiger charge is 2.33. The van der Waals surface area contributed by atoms with Crippen LogP contribution in [0.1, 0.15) is 45.4 Å². The van der Waals surface area contributed by atoms with Crippen molar-refractivity contribution in [3.63, 3.8) is 0 Å². The van der Waals surface area contributed by atoms with E-state index in [2.05, 4.69) is 4.90 Å². The van der Waals surface area contributed by atoms with Crippen LogP contribution in [0, 0.1) is 5.92 Å². The first kappa shape index (κ1) is 13.8. The van der Waals surface area contributed by atoms with E-state index in [1.54, 1.807) is 0 Å². The Balaban J connectivity index is 1.82. The molecule has 0 bridgehead atoms. The fourth-order valence-electron chi connectivity index (χ4n) is 3.25. The second-order valence-electron chi connectivity index (χ2n) is 5.69. The van der Waals surface area contributed by atoms with Gasteiger partial charge in [0.1, 0.15) is 6.04 Å². The fourth-order valence-corrected chi connectivity index (χ4v) is 3.25. The van der Waals surface area contributed by atoms with E-state index in [9.17, 15) is 4.79 Å². The van der Waals surface area contributed by atoms with Gasteiger partial charge in [-0.2, -0.15) is 0 Å². The van der Waals surface area contributed by atoms with Crippen LogP contribution in [0.2, 0.25) is 0 Å². The number of carbonyl (C=O) groups excluding carboxylic acids is 1. The predicted octanol–water partition coefficient (Wildman–Crippen LogP) is 1.53. The molecule has 4 heteroatoms. The molecule has 1 saturated carbocycles. The lowest BCUT2D eigenvalue weighted by atomic mass is 9.86. The predicted molar refractivity (Wildman–Crippen MR) is 71.2 cm³/mol. The molecule has 1 unspecified atom stereocenters. The summed E-state index contributed by atoms with van der Waals surface area (Å²) in [7, 11) is 0. The zero-order chi connectivity index (χ0) is 13.0. The average Bonchev–Trinajstić information content (AvgIpc) is 2.81. The van der Waals surface area contributed by atoms with Crippen LogP contribution in [-0.4, -0.2) is 42.6 Å². The van der Waals surface area contributed by atoms with E-state index in [4.69, 9.17) is 10.5 Å². The smallest absolute Gasteiger partial charge is 0.323 e. The molecule has 0 amide bonds. The van der Waals surface area contributed by atoms with E-state index in [1.165, 1.54) is 12.8 Å². The highest BCUT2D eigenvalue weighted by molar-refractivity contribution is 5.76. The molecule has 18 heavy (non-hydrogen) atoms. The Morgan fingerprint density at radius 3 is 2.67 bits per heavy atom. The lowest BCUT2D eigenvalue weighted by molar-refractivity contribution is -0.148. The molecule has 2 rings (SSSR count). The number of hydrogen-bond donors (Lipinski definition) is 1. The summed E-state index contributed by atoms with van der Waals surface area (Å²) < 4.78 is 5.16. The van der Waals surface area contributed by atoms with E-state index < -0.39 is 0 Å². The van der Waals surface area contributed by atoms with Crippen LogP contribution in [0.5, 0.6) is 0 Å². The van der Waals surface area contributed by atoms with Crippen molar-refractivity contribution in [1.82, 2.24) is 4.90 Å². The first-order valence-corrected chi connectivity index (χ1v) is 7.37. The zero-order valence-electron chi connectivity index (χ0n) is 11.4. The minimum atomic E-state index is -0.0255. The third-order valence-corrected chi connectivity index (χ3v) is 4.31. The Labute approximate surface area is 110 Å². The van der Waals surface area contributed by atoms with Crippen molar-refractivity contribution in [2.45, 2.75) is 57.5 Å². The molecule has 1 atom stereocenters. The number of esters is 1. The van der Waals surface area contributed by atoms with Gasteiger partial charge in [0, 0.05) is 12.6 Å². The van der Waals surface area contributed by atoms with E-state index in [0.717, 1.165) is 44.7 Å². The molecule has 2 N–H and O–H groups in total. The Morgan fingerprint density at radius 2 is 2.00 bits per heavy atom. The molecule has 2 fully saturated rings. The summed E-state index contributed by atoms with van der Waals surface area (Å²) in [4.78, 5) is 14.2. The zero-order valence-corrected chi connectivity index (χ0v) is 11.4. The maximum atomic E-state index is 11.9. The fraction of sp³-hybridized carbons (Fsp3) is 0.929. The van der Waals surface area contributed by atoms with Gasteiger partial charge in [-0.25, -0.2) is 0 Å². The van der Waals surface area contributed by atoms with Crippen molar-refractivity contribution < 1.29 is 9.53 Å². The van der Waals surface area contributed by atoms with Crippen LogP contribution in [0.3, 0.4) is 0 Å². The van der Waals surface area contributed by atoms with Crippen molar-refractivity contribution >= 4 is 5.97 Å². The largest absolute Gasteiger partial charge is 0.465 e. The molecule has 1 saturated heterocycles. The maximum Gasteiger partial charge on any atom is 0.323 e. The monoisotopic (exact) mass is 254 g/mol. The highest BCUT2D eigenvalue weighted by Crippen LogP contribution is 2.27. The molecule has 1 aliphatic carbocycles. The summed E-state index contributed by atoms with van der Waals surface area (Å²) in [6.45, 7) is 4.46. The van der Waals surface area contributed by atoms with Gasteiger partial charge in [0.15, 0.2) is 0 Å². The van der Waals surface area contributed by atoms with E-state index >= 15 is 0 Å². The van der Waals surface area contributed by atoms with Gasteiger partial charge in [-0.3, -0.25) is 9.69 Å². The summed E-state index contributed by atoms with van der Waals surface area (Å²) in [6, 6.07) is 0.418. The van der Waals surface area contributed by atoms with Gasteiger partial charge in [-0.05, 0) is 57.9 Å². The summed E-state index contributed by atoms with van der Waals surface area (Å²) in [5, 5.41) is 0. The lowest BCUT2D eigenvalue weighted by Crippen LogP contribution is -2.41. The molecule has 1 aliphatic heterocycles. The molecule has 104 valence electrons. The van der Waals surface area contributed by atoms with Crippen molar-refractivity contribution in [3.05, 3.63) is 0 Å². The molecule has 0 aromatic heterocycles. The SMILES string of the molecule is CCOC(=O)C1CCCN1CC1CCC(N)CC1. The molecule has 0 spiro atoms. The summed E-state index contributed by atoms with van der Waals surface area (Å²) in [5.41, 5.74) is 5.93. The minimum Gasteiger partial charge on any atom is -0.465 e. The Morgan fingerprint density at radius 1 is 1.28 bits per heavy atom. The number of nitrogens with zero attached hydrogens (tertiary/aromatic N) is 1. The molecular weight excluding hydrogens is 228 g/mol. The van der Waals surface area contributed by atoms with Crippen LogP contribution in [0.15, 0.2) is 0 Å². The van der Waals surface area contributed by atoms with E-state index in [-0.39, 0.29) is 12.0 Å². The second kappa shape index (κ2) is 6.53. The van der Waals surface area contributed by atoms with Gasteiger partial charge in [-0.1, -0.05) is 0 Å². The van der Waals surface area contributed by atoms with Gasteiger partial charge >= 0.3 is 5.97 Å². The number of rotatable bonds is 4. The van der Waals surface area contributed by atoms with Crippen LogP contribution in [-0.2, 0) is 9.53 Å². The third kappa shape index (κ3) is 3.45. The third-order valence-electron chi connectivity index (χ3n) is 4.31. The molecule has 4 nitrogen and oxygen atoms in total. The highest BCUT2D eigenvalue weighted by atomic mass is 16.5. The Bertz CT molecular complexity index is 275. The normalized spacial score (nSPS) is 33.6. The summed E-state index contributed by atoms with van der Waals surface area (Å²) in [5.74, 6) is 0.697. The number of ether oxygens (including phenoxy) is 1. The van der Waals surface area contributed by atoms with Gasteiger partial charge in [-0.15, -0.1) is 0 Å². The van der Waals surface area contributed by atoms with E-state index in [1.807, 2.05) is 6.92 Å². The number of carbonyl (C=O) groups is 1. The first-order chi connectivity index (χ1) is 8.70. The minimum absolute atomic E-state index is 0.0144. The summed E-state index contributed by atoms with van der Waals surface area (Å²) >= 11 is 0. The average molecular weight is 254 g/mol. The number of nitrogens with two attached hydrogens (primary N) is 1. The lowest BCUT2D eigenvalue weighted by Gasteiger charge is -2.31.